The zero-order valence-corrected chi connectivity index (χ0v) is 27.6. The first-order valence-corrected chi connectivity index (χ1v) is 17.2. The molecule has 1 aliphatic rings. The summed E-state index contributed by atoms with van der Waals surface area (Å²) in [6.45, 7) is 0. The number of rotatable bonds is 5. The van der Waals surface area contributed by atoms with E-state index in [1.54, 1.807) is 0 Å². The number of benzene rings is 8. The molecule has 0 spiro atoms. The molecule has 10 rings (SSSR count). The van der Waals surface area contributed by atoms with Gasteiger partial charge in [-0.3, -0.25) is 0 Å². The van der Waals surface area contributed by atoms with Gasteiger partial charge in [0.25, 0.3) is 0 Å². The number of para-hydroxylation sites is 2. The second-order valence-corrected chi connectivity index (χ2v) is 12.8. The lowest BCUT2D eigenvalue weighted by Crippen LogP contribution is -2.17. The third-order valence-corrected chi connectivity index (χ3v) is 9.82. The Morgan fingerprint density at radius 2 is 0.941 bits per heavy atom. The van der Waals surface area contributed by atoms with Crippen molar-refractivity contribution in [3.8, 4) is 56.4 Å². The molecule has 0 saturated heterocycles. The fourth-order valence-electron chi connectivity index (χ4n) is 7.48. The van der Waals surface area contributed by atoms with Gasteiger partial charge in [0.1, 0.15) is 0 Å². The van der Waals surface area contributed by atoms with Crippen molar-refractivity contribution < 1.29 is 0 Å². The summed E-state index contributed by atoms with van der Waals surface area (Å²) in [6, 6.07) is 64.0. The van der Waals surface area contributed by atoms with Gasteiger partial charge >= 0.3 is 0 Å². The normalized spacial score (nSPS) is 11.9. The predicted molar refractivity (Wildman–Crippen MR) is 210 cm³/mol. The number of nitrogens with zero attached hydrogens (tertiary/aromatic N) is 4. The van der Waals surface area contributed by atoms with Crippen LogP contribution in [0.5, 0.6) is 0 Å². The van der Waals surface area contributed by atoms with E-state index >= 15 is 0 Å². The summed E-state index contributed by atoms with van der Waals surface area (Å²) in [7, 11) is 0. The molecule has 2 heterocycles. The highest BCUT2D eigenvalue weighted by atomic mass is 15.2. The summed E-state index contributed by atoms with van der Waals surface area (Å²) in [5, 5.41) is 4.92. The Morgan fingerprint density at radius 3 is 1.67 bits per heavy atom. The molecule has 1 aromatic heterocycles. The molecule has 0 saturated carbocycles. The van der Waals surface area contributed by atoms with Crippen LogP contribution in [0.4, 0.5) is 17.1 Å². The van der Waals surface area contributed by atoms with Crippen LogP contribution < -0.4 is 4.90 Å². The fraction of sp³-hybridized carbons (Fsp3) is 0. The van der Waals surface area contributed by atoms with Gasteiger partial charge in [-0.25, -0.2) is 15.0 Å². The van der Waals surface area contributed by atoms with Gasteiger partial charge in [-0.2, -0.15) is 0 Å². The molecule has 0 atom stereocenters. The molecule has 0 radical (unpaired) electrons. The summed E-state index contributed by atoms with van der Waals surface area (Å²) in [6.07, 6.45) is 0. The van der Waals surface area contributed by atoms with Gasteiger partial charge in [-0.05, 0) is 63.2 Å². The third-order valence-electron chi connectivity index (χ3n) is 9.82. The zero-order chi connectivity index (χ0) is 33.7. The topological polar surface area (TPSA) is 41.9 Å². The first-order chi connectivity index (χ1) is 25.3. The van der Waals surface area contributed by atoms with Crippen molar-refractivity contribution in [2.45, 2.75) is 0 Å². The van der Waals surface area contributed by atoms with E-state index in [1.165, 1.54) is 38.2 Å². The first-order valence-electron chi connectivity index (χ1n) is 17.2. The largest absolute Gasteiger partial charge is 0.308 e. The van der Waals surface area contributed by atoms with E-state index in [9.17, 15) is 0 Å². The molecule has 51 heavy (non-hydrogen) atoms. The maximum absolute atomic E-state index is 5.17. The van der Waals surface area contributed by atoms with Crippen LogP contribution in [0.1, 0.15) is 0 Å². The number of anilines is 3. The predicted octanol–water partition coefficient (Wildman–Crippen LogP) is 12.3. The van der Waals surface area contributed by atoms with Crippen LogP contribution in [0.2, 0.25) is 0 Å². The quantitative estimate of drug-likeness (QED) is 0.186. The van der Waals surface area contributed by atoms with Gasteiger partial charge in [0.2, 0.25) is 0 Å². The molecule has 8 aromatic carbocycles. The van der Waals surface area contributed by atoms with Crippen LogP contribution >= 0.6 is 0 Å². The molecule has 1 aliphatic heterocycles. The summed E-state index contributed by atoms with van der Waals surface area (Å²) in [5.41, 5.74) is 10.8. The van der Waals surface area contributed by atoms with Crippen molar-refractivity contribution in [3.63, 3.8) is 0 Å². The van der Waals surface area contributed by atoms with E-state index in [0.29, 0.717) is 17.5 Å². The molecule has 0 unspecified atom stereocenters. The summed E-state index contributed by atoms with van der Waals surface area (Å²) < 4.78 is 0. The van der Waals surface area contributed by atoms with Gasteiger partial charge < -0.3 is 4.90 Å². The number of hydrogen-bond donors (Lipinski definition) is 0. The van der Waals surface area contributed by atoms with Crippen molar-refractivity contribution in [1.29, 1.82) is 0 Å². The van der Waals surface area contributed by atoms with Gasteiger partial charge in [-0.15, -0.1) is 0 Å². The Labute approximate surface area is 296 Å². The van der Waals surface area contributed by atoms with Crippen molar-refractivity contribution >= 4 is 38.6 Å². The van der Waals surface area contributed by atoms with E-state index in [1.807, 2.05) is 36.4 Å². The first kappa shape index (κ1) is 29.0. The molecular weight excluding hydrogens is 621 g/mol. The fourth-order valence-corrected chi connectivity index (χ4v) is 7.48. The van der Waals surface area contributed by atoms with E-state index in [2.05, 4.69) is 150 Å². The van der Waals surface area contributed by atoms with E-state index in [-0.39, 0.29) is 0 Å². The Morgan fingerprint density at radius 1 is 0.353 bits per heavy atom. The Hall–Kier alpha value is -6.91. The van der Waals surface area contributed by atoms with Crippen molar-refractivity contribution in [3.05, 3.63) is 182 Å². The molecule has 0 N–H and O–H groups in total. The SMILES string of the molecule is c1ccc(-c2nc(-c3ccccc3)nc(-c3cccc4c3N(c3ccccc3)c3ccc(-c5ccc6ccccc6c5)c5cccc-4c35)n2)cc1. The van der Waals surface area contributed by atoms with Crippen LogP contribution in [0.25, 0.3) is 78.0 Å². The molecule has 0 bridgehead atoms. The van der Waals surface area contributed by atoms with Gasteiger partial charge in [-0.1, -0.05) is 152 Å². The summed E-state index contributed by atoms with van der Waals surface area (Å²) in [5.74, 6) is 1.91. The van der Waals surface area contributed by atoms with Crippen molar-refractivity contribution in [1.82, 2.24) is 15.0 Å². The molecule has 0 aliphatic carbocycles. The Bertz CT molecular complexity index is 2680. The maximum Gasteiger partial charge on any atom is 0.166 e. The minimum atomic E-state index is 0.629. The second-order valence-electron chi connectivity index (χ2n) is 12.8. The molecule has 4 heteroatoms. The minimum Gasteiger partial charge on any atom is -0.308 e. The smallest absolute Gasteiger partial charge is 0.166 e. The number of aromatic nitrogens is 3. The van der Waals surface area contributed by atoms with Crippen molar-refractivity contribution in [2.75, 3.05) is 4.90 Å². The van der Waals surface area contributed by atoms with E-state index in [0.717, 1.165) is 39.3 Å². The minimum absolute atomic E-state index is 0.629. The maximum atomic E-state index is 5.17. The monoisotopic (exact) mass is 650 g/mol. The highest BCUT2D eigenvalue weighted by molar-refractivity contribution is 6.19. The highest BCUT2D eigenvalue weighted by Gasteiger charge is 2.30. The van der Waals surface area contributed by atoms with Gasteiger partial charge in [0.05, 0.1) is 11.4 Å². The highest BCUT2D eigenvalue weighted by Crippen LogP contribution is 2.55. The van der Waals surface area contributed by atoms with Gasteiger partial charge in [0, 0.05) is 33.3 Å². The molecule has 238 valence electrons. The van der Waals surface area contributed by atoms with Crippen LogP contribution in [-0.2, 0) is 0 Å². The van der Waals surface area contributed by atoms with Crippen LogP contribution in [0.3, 0.4) is 0 Å². The summed E-state index contributed by atoms with van der Waals surface area (Å²) >= 11 is 0. The lowest BCUT2D eigenvalue weighted by atomic mass is 9.86. The van der Waals surface area contributed by atoms with Crippen molar-refractivity contribution in [2.24, 2.45) is 0 Å². The Kier molecular flexibility index (Phi) is 6.78. The van der Waals surface area contributed by atoms with Gasteiger partial charge in [0.15, 0.2) is 17.5 Å². The van der Waals surface area contributed by atoms with Crippen LogP contribution in [0.15, 0.2) is 182 Å². The van der Waals surface area contributed by atoms with E-state index < -0.39 is 0 Å². The molecular formula is C47H30N4. The molecule has 4 nitrogen and oxygen atoms in total. The summed E-state index contributed by atoms with van der Waals surface area (Å²) in [4.78, 5) is 17.7. The number of hydrogen-bond acceptors (Lipinski definition) is 4. The van der Waals surface area contributed by atoms with Crippen LogP contribution in [0, 0.1) is 0 Å². The standard InChI is InChI=1S/C47H30N4/c1-4-15-32(16-5-1)45-48-46(33-17-6-2-7-18-33)50-47(49-45)41-25-13-24-40-39-23-12-22-38-37(35-27-26-31-14-10-11-19-34(31)30-35)28-29-42(43(38)39)51(44(40)41)36-20-8-3-9-21-36/h1-30H. The zero-order valence-electron chi connectivity index (χ0n) is 27.6. The second kappa shape index (κ2) is 11.9. The lowest BCUT2D eigenvalue weighted by Gasteiger charge is -2.35. The average Bonchev–Trinajstić information content (AvgIpc) is 3.21. The molecule has 9 aromatic rings. The average molecular weight is 651 g/mol. The van der Waals surface area contributed by atoms with E-state index in [4.69, 9.17) is 15.0 Å². The molecule has 0 amide bonds. The van der Waals surface area contributed by atoms with Crippen LogP contribution in [-0.4, -0.2) is 15.0 Å². The number of fused-ring (bicyclic) bond motifs is 3. The Balaban J connectivity index is 1.25. The molecule has 0 fully saturated rings. The third kappa shape index (κ3) is 4.88. The lowest BCUT2D eigenvalue weighted by molar-refractivity contribution is 1.07.